The van der Waals surface area contributed by atoms with Crippen molar-refractivity contribution in [3.05, 3.63) is 10.7 Å². The zero-order valence-electron chi connectivity index (χ0n) is 8.57. The normalized spacial score (nSPS) is 26.1. The topological polar surface area (TPSA) is 68.3 Å². The molecular formula is C8H11ClN2O3S2. The lowest BCUT2D eigenvalue weighted by molar-refractivity contribution is 0.178. The molecule has 90 valence electrons. The summed E-state index contributed by atoms with van der Waals surface area (Å²) in [5.41, 5.74) is -0.532. The van der Waals surface area contributed by atoms with Gasteiger partial charge in [-0.1, -0.05) is 22.9 Å². The molecule has 1 N–H and O–H groups in total. The first-order valence-electron chi connectivity index (χ1n) is 4.64. The summed E-state index contributed by atoms with van der Waals surface area (Å²) in [6.07, 6.45) is 1.92. The summed E-state index contributed by atoms with van der Waals surface area (Å²) < 4.78 is 32.1. The smallest absolute Gasteiger partial charge is 0.252 e. The Hall–Kier alpha value is -0.210. The minimum atomic E-state index is -3.54. The van der Waals surface area contributed by atoms with Gasteiger partial charge in [-0.15, -0.1) is 0 Å². The van der Waals surface area contributed by atoms with E-state index >= 15 is 0 Å². The van der Waals surface area contributed by atoms with Crippen LogP contribution >= 0.6 is 22.9 Å². The summed E-state index contributed by atoms with van der Waals surface area (Å²) in [5.74, 6) is 0. The maximum absolute atomic E-state index is 12.0. The number of ether oxygens (including phenoxy) is 1. The Balaban J connectivity index is 2.20. The number of thiazole rings is 1. The van der Waals surface area contributed by atoms with Gasteiger partial charge in [0.15, 0.2) is 8.68 Å². The molecule has 1 unspecified atom stereocenters. The fourth-order valence-corrected chi connectivity index (χ4v) is 4.20. The van der Waals surface area contributed by atoms with Crippen molar-refractivity contribution < 1.29 is 13.2 Å². The molecule has 2 heterocycles. The van der Waals surface area contributed by atoms with E-state index in [4.69, 9.17) is 16.3 Å². The van der Waals surface area contributed by atoms with Crippen LogP contribution in [0, 0.1) is 0 Å². The third kappa shape index (κ3) is 2.54. The summed E-state index contributed by atoms with van der Waals surface area (Å²) in [6.45, 7) is 2.78. The third-order valence-corrected chi connectivity index (χ3v) is 5.54. The molecule has 1 fully saturated rings. The highest BCUT2D eigenvalue weighted by atomic mass is 35.5. The van der Waals surface area contributed by atoms with Crippen LogP contribution in [0.4, 0.5) is 0 Å². The first-order chi connectivity index (χ1) is 7.41. The molecule has 0 spiro atoms. The van der Waals surface area contributed by atoms with E-state index in [9.17, 15) is 8.42 Å². The van der Waals surface area contributed by atoms with E-state index in [2.05, 4.69) is 9.71 Å². The van der Waals surface area contributed by atoms with Crippen LogP contribution < -0.4 is 4.72 Å². The zero-order valence-corrected chi connectivity index (χ0v) is 11.0. The highest BCUT2D eigenvalue weighted by Crippen LogP contribution is 2.25. The van der Waals surface area contributed by atoms with Gasteiger partial charge in [0.25, 0.3) is 10.0 Å². The lowest BCUT2D eigenvalue weighted by Crippen LogP contribution is -2.46. The van der Waals surface area contributed by atoms with Gasteiger partial charge in [0, 0.05) is 6.61 Å². The van der Waals surface area contributed by atoms with Gasteiger partial charge in [-0.05, 0) is 13.3 Å². The van der Waals surface area contributed by atoms with Crippen molar-refractivity contribution in [2.45, 2.75) is 23.1 Å². The Kier molecular flexibility index (Phi) is 3.24. The largest absolute Gasteiger partial charge is 0.379 e. The Morgan fingerprint density at radius 2 is 2.44 bits per heavy atom. The van der Waals surface area contributed by atoms with Crippen molar-refractivity contribution in [1.82, 2.24) is 9.71 Å². The fourth-order valence-electron chi connectivity index (χ4n) is 1.49. The minimum absolute atomic E-state index is 0.130. The summed E-state index contributed by atoms with van der Waals surface area (Å²) in [4.78, 5) is 3.71. The van der Waals surface area contributed by atoms with Crippen molar-refractivity contribution in [1.29, 1.82) is 0 Å². The van der Waals surface area contributed by atoms with Crippen LogP contribution in [0.25, 0.3) is 0 Å². The number of aromatic nitrogens is 1. The van der Waals surface area contributed by atoms with Crippen LogP contribution in [0.5, 0.6) is 0 Å². The predicted molar refractivity (Wildman–Crippen MR) is 61.3 cm³/mol. The van der Waals surface area contributed by atoms with Crippen LogP contribution in [0.1, 0.15) is 13.3 Å². The second-order valence-corrected chi connectivity index (χ2v) is 7.42. The molecule has 0 bridgehead atoms. The van der Waals surface area contributed by atoms with Crippen molar-refractivity contribution in [2.75, 3.05) is 13.2 Å². The van der Waals surface area contributed by atoms with E-state index in [1.165, 1.54) is 6.20 Å². The molecular weight excluding hydrogens is 272 g/mol. The second kappa shape index (κ2) is 4.23. The fraction of sp³-hybridized carbons (Fsp3) is 0.625. The molecule has 0 amide bonds. The molecule has 5 nitrogen and oxygen atoms in total. The van der Waals surface area contributed by atoms with Crippen LogP contribution in [0.3, 0.4) is 0 Å². The molecule has 1 aliphatic heterocycles. The number of nitrogens with one attached hydrogen (secondary N) is 1. The number of hydrogen-bond acceptors (Lipinski definition) is 5. The Morgan fingerprint density at radius 3 is 2.94 bits per heavy atom. The van der Waals surface area contributed by atoms with Gasteiger partial charge in [-0.3, -0.25) is 0 Å². The molecule has 0 aliphatic carbocycles. The molecule has 1 aromatic heterocycles. The molecule has 16 heavy (non-hydrogen) atoms. The molecule has 0 saturated carbocycles. The third-order valence-electron chi connectivity index (χ3n) is 2.32. The Morgan fingerprint density at radius 1 is 1.69 bits per heavy atom. The van der Waals surface area contributed by atoms with Crippen LogP contribution in [0.2, 0.25) is 4.47 Å². The van der Waals surface area contributed by atoms with E-state index < -0.39 is 15.6 Å². The monoisotopic (exact) mass is 282 g/mol. The Bertz CT molecular complexity index is 479. The van der Waals surface area contributed by atoms with E-state index in [0.29, 0.717) is 19.6 Å². The first-order valence-corrected chi connectivity index (χ1v) is 7.32. The van der Waals surface area contributed by atoms with Crippen LogP contribution in [-0.2, 0) is 14.8 Å². The molecule has 8 heteroatoms. The van der Waals surface area contributed by atoms with Crippen LogP contribution in [-0.4, -0.2) is 32.2 Å². The highest BCUT2D eigenvalue weighted by Gasteiger charge is 2.35. The number of sulfonamides is 1. The van der Waals surface area contributed by atoms with Gasteiger partial charge in [-0.25, -0.2) is 18.1 Å². The van der Waals surface area contributed by atoms with Crippen molar-refractivity contribution in [3.63, 3.8) is 0 Å². The van der Waals surface area contributed by atoms with Gasteiger partial charge in [0.05, 0.1) is 18.3 Å². The number of nitrogens with zero attached hydrogens (tertiary/aromatic N) is 1. The first kappa shape index (κ1) is 12.3. The van der Waals surface area contributed by atoms with Gasteiger partial charge < -0.3 is 4.74 Å². The van der Waals surface area contributed by atoms with Gasteiger partial charge >= 0.3 is 0 Å². The number of hydrogen-bond donors (Lipinski definition) is 1. The molecule has 2 rings (SSSR count). The van der Waals surface area contributed by atoms with Crippen molar-refractivity contribution >= 4 is 33.0 Å². The molecule has 1 saturated heterocycles. The minimum Gasteiger partial charge on any atom is -0.379 e. The average Bonchev–Trinajstić information content (AvgIpc) is 2.74. The molecule has 0 radical (unpaired) electrons. The maximum Gasteiger partial charge on any atom is 0.252 e. The molecule has 1 aliphatic rings. The van der Waals surface area contributed by atoms with Gasteiger partial charge in [0.1, 0.15) is 0 Å². The maximum atomic E-state index is 12.0. The van der Waals surface area contributed by atoms with Crippen LogP contribution in [0.15, 0.2) is 10.4 Å². The van der Waals surface area contributed by atoms with Crippen molar-refractivity contribution in [2.24, 2.45) is 0 Å². The van der Waals surface area contributed by atoms with Gasteiger partial charge in [0.2, 0.25) is 0 Å². The summed E-state index contributed by atoms with van der Waals surface area (Å²) in [7, 11) is -3.54. The predicted octanol–water partition coefficient (Wildman–Crippen LogP) is 1.25. The SMILES string of the molecule is CC1(NS(=O)(=O)c2cnc(Cl)s2)CCOC1. The number of halogens is 1. The molecule has 1 atom stereocenters. The van der Waals surface area contributed by atoms with E-state index in [1.54, 1.807) is 0 Å². The molecule has 1 aromatic rings. The van der Waals surface area contributed by atoms with E-state index in [0.717, 1.165) is 11.3 Å². The van der Waals surface area contributed by atoms with E-state index in [-0.39, 0.29) is 8.68 Å². The van der Waals surface area contributed by atoms with Gasteiger partial charge in [-0.2, -0.15) is 0 Å². The Labute approximate surface area is 103 Å². The lowest BCUT2D eigenvalue weighted by Gasteiger charge is -2.22. The quantitative estimate of drug-likeness (QED) is 0.906. The lowest BCUT2D eigenvalue weighted by atomic mass is 10.0. The van der Waals surface area contributed by atoms with E-state index in [1.807, 2.05) is 6.92 Å². The second-order valence-electron chi connectivity index (χ2n) is 3.90. The zero-order chi connectivity index (χ0) is 11.8. The average molecular weight is 283 g/mol. The number of rotatable bonds is 3. The van der Waals surface area contributed by atoms with Crippen molar-refractivity contribution in [3.8, 4) is 0 Å². The molecule has 0 aromatic carbocycles. The standard InChI is InChI=1S/C8H11ClN2O3S2/c1-8(2-3-14-5-8)11-16(12,13)6-4-10-7(9)15-6/h4,11H,2-3,5H2,1H3. The summed E-state index contributed by atoms with van der Waals surface area (Å²) in [6, 6.07) is 0. The summed E-state index contributed by atoms with van der Waals surface area (Å²) >= 11 is 6.55. The highest BCUT2D eigenvalue weighted by molar-refractivity contribution is 7.91. The summed E-state index contributed by atoms with van der Waals surface area (Å²) in [5, 5.41) is 0.